The van der Waals surface area contributed by atoms with Gasteiger partial charge in [0, 0.05) is 4.47 Å². The monoisotopic (exact) mass is 518 g/mol. The summed E-state index contributed by atoms with van der Waals surface area (Å²) >= 11 is 3.54. The maximum absolute atomic E-state index is 12.8. The number of benzene rings is 3. The van der Waals surface area contributed by atoms with E-state index in [1.807, 2.05) is 75.4 Å². The molecule has 3 aromatic carbocycles. The molecule has 0 heterocycles. The first-order valence-electron chi connectivity index (χ1n) is 11.0. The van der Waals surface area contributed by atoms with E-state index >= 15 is 0 Å². The van der Waals surface area contributed by atoms with Gasteiger partial charge in [-0.1, -0.05) is 76.1 Å². The van der Waals surface area contributed by atoms with Crippen LogP contribution in [0.25, 0.3) is 6.08 Å². The van der Waals surface area contributed by atoms with Crippen molar-refractivity contribution in [3.8, 4) is 17.6 Å². The first kappa shape index (κ1) is 25.1. The molecule has 1 atom stereocenters. The molecule has 3 rings (SSSR count). The van der Waals surface area contributed by atoms with E-state index in [4.69, 9.17) is 9.47 Å². The summed E-state index contributed by atoms with van der Waals surface area (Å²) in [6, 6.07) is 23.1. The van der Waals surface area contributed by atoms with Crippen LogP contribution in [0.5, 0.6) is 11.5 Å². The van der Waals surface area contributed by atoms with Crippen LogP contribution in [0.3, 0.4) is 0 Å². The lowest BCUT2D eigenvalue weighted by Gasteiger charge is -2.15. The predicted octanol–water partition coefficient (Wildman–Crippen LogP) is 6.52. The Kier molecular flexibility index (Phi) is 8.89. The fraction of sp³-hybridized carbons (Fsp3) is 0.214. The summed E-state index contributed by atoms with van der Waals surface area (Å²) in [6.07, 6.45) is 1.55. The van der Waals surface area contributed by atoms with Gasteiger partial charge in [-0.25, -0.2) is 0 Å². The van der Waals surface area contributed by atoms with Gasteiger partial charge >= 0.3 is 0 Å². The molecule has 0 saturated heterocycles. The molecule has 0 spiro atoms. The highest BCUT2D eigenvalue weighted by molar-refractivity contribution is 9.10. The average molecular weight is 519 g/mol. The molecule has 0 fully saturated rings. The van der Waals surface area contributed by atoms with Gasteiger partial charge in [-0.3, -0.25) is 4.79 Å². The van der Waals surface area contributed by atoms with E-state index in [0.29, 0.717) is 34.7 Å². The van der Waals surface area contributed by atoms with Crippen molar-refractivity contribution in [1.29, 1.82) is 5.26 Å². The Bertz CT molecular complexity index is 1220. The number of hydrogen-bond donors (Lipinski definition) is 1. The van der Waals surface area contributed by atoms with Crippen molar-refractivity contribution in [2.45, 2.75) is 33.4 Å². The summed E-state index contributed by atoms with van der Waals surface area (Å²) in [4.78, 5) is 12.8. The summed E-state index contributed by atoms with van der Waals surface area (Å²) in [7, 11) is 0. The zero-order valence-corrected chi connectivity index (χ0v) is 21.1. The number of carbonyl (C=O) groups excluding carboxylic acids is 1. The van der Waals surface area contributed by atoms with E-state index in [0.717, 1.165) is 16.7 Å². The summed E-state index contributed by atoms with van der Waals surface area (Å²) in [5.41, 5.74) is 3.82. The Labute approximate surface area is 209 Å². The Balaban J connectivity index is 1.82. The van der Waals surface area contributed by atoms with Crippen molar-refractivity contribution in [3.05, 3.63) is 99.0 Å². The van der Waals surface area contributed by atoms with Crippen LogP contribution < -0.4 is 14.8 Å². The van der Waals surface area contributed by atoms with E-state index in [1.54, 1.807) is 18.2 Å². The van der Waals surface area contributed by atoms with E-state index in [-0.39, 0.29) is 11.6 Å². The summed E-state index contributed by atoms with van der Waals surface area (Å²) in [5, 5.41) is 12.5. The zero-order valence-electron chi connectivity index (χ0n) is 19.5. The van der Waals surface area contributed by atoms with Gasteiger partial charge in [-0.15, -0.1) is 0 Å². The minimum absolute atomic E-state index is 0.000594. The van der Waals surface area contributed by atoms with Crippen LogP contribution in [0.1, 0.15) is 42.1 Å². The normalized spacial score (nSPS) is 11.9. The number of nitrogens with one attached hydrogen (secondary N) is 1. The van der Waals surface area contributed by atoms with E-state index in [1.165, 1.54) is 0 Å². The van der Waals surface area contributed by atoms with Gasteiger partial charge in [0.2, 0.25) is 0 Å². The molecule has 174 valence electrons. The number of amides is 1. The average Bonchev–Trinajstić information content (AvgIpc) is 2.83. The maximum atomic E-state index is 12.8. The second-order valence-corrected chi connectivity index (χ2v) is 8.66. The van der Waals surface area contributed by atoms with Crippen molar-refractivity contribution in [3.63, 3.8) is 0 Å². The number of carbonyl (C=O) groups is 1. The number of halogens is 1. The van der Waals surface area contributed by atoms with Gasteiger partial charge in [0.15, 0.2) is 11.5 Å². The molecule has 0 bridgehead atoms. The Hall–Kier alpha value is -3.56. The molecule has 5 nitrogen and oxygen atoms in total. The van der Waals surface area contributed by atoms with Gasteiger partial charge in [0.25, 0.3) is 5.91 Å². The maximum Gasteiger partial charge on any atom is 0.262 e. The molecule has 0 aliphatic rings. The van der Waals surface area contributed by atoms with Crippen LogP contribution in [0.4, 0.5) is 0 Å². The quantitative estimate of drug-likeness (QED) is 0.258. The summed E-state index contributed by atoms with van der Waals surface area (Å²) in [6.45, 7) is 6.65. The highest BCUT2D eigenvalue weighted by Gasteiger charge is 2.16. The van der Waals surface area contributed by atoms with Crippen molar-refractivity contribution in [2.75, 3.05) is 6.61 Å². The Morgan fingerprint density at radius 1 is 1.09 bits per heavy atom. The second-order valence-electron chi connectivity index (χ2n) is 7.81. The van der Waals surface area contributed by atoms with Gasteiger partial charge in [-0.2, -0.15) is 5.26 Å². The summed E-state index contributed by atoms with van der Waals surface area (Å²) in [5.74, 6) is 0.677. The molecule has 0 aliphatic carbocycles. The van der Waals surface area contributed by atoms with Crippen LogP contribution in [0.15, 0.2) is 76.8 Å². The first-order valence-corrected chi connectivity index (χ1v) is 11.8. The molecule has 34 heavy (non-hydrogen) atoms. The van der Waals surface area contributed by atoms with E-state index in [9.17, 15) is 10.1 Å². The lowest BCUT2D eigenvalue weighted by molar-refractivity contribution is -0.117. The SMILES string of the molecule is CCOc1cc(/C=C(/C#N)C(=O)N[C@@H](C)c2ccccc2)c(Br)cc1OCc1cccc(C)c1. The smallest absolute Gasteiger partial charge is 0.262 e. The van der Waals surface area contributed by atoms with E-state index in [2.05, 4.69) is 27.3 Å². The van der Waals surface area contributed by atoms with Crippen LogP contribution >= 0.6 is 15.9 Å². The van der Waals surface area contributed by atoms with Crippen molar-refractivity contribution >= 4 is 27.9 Å². The van der Waals surface area contributed by atoms with Gasteiger partial charge in [0.1, 0.15) is 18.2 Å². The third-order valence-corrected chi connectivity index (χ3v) is 5.84. The number of nitrogens with zero attached hydrogens (tertiary/aromatic N) is 1. The third-order valence-electron chi connectivity index (χ3n) is 5.15. The van der Waals surface area contributed by atoms with Gasteiger partial charge < -0.3 is 14.8 Å². The highest BCUT2D eigenvalue weighted by atomic mass is 79.9. The molecule has 0 aliphatic heterocycles. The molecular weight excluding hydrogens is 492 g/mol. The molecule has 3 aromatic rings. The van der Waals surface area contributed by atoms with Gasteiger partial charge in [-0.05, 0) is 55.7 Å². The minimum atomic E-state index is -0.441. The topological polar surface area (TPSA) is 71.3 Å². The molecule has 0 unspecified atom stereocenters. The standard InChI is InChI=1S/C28H27BrN2O3/c1-4-33-26-15-23(25(29)16-27(26)34-18-21-10-8-9-19(2)13-21)14-24(17-30)28(32)31-20(3)22-11-6-5-7-12-22/h5-16,20H,4,18H2,1-3H3,(H,31,32)/b24-14-/t20-/m0/s1. The molecule has 6 heteroatoms. The first-order chi connectivity index (χ1) is 16.4. The van der Waals surface area contributed by atoms with Crippen molar-refractivity contribution < 1.29 is 14.3 Å². The van der Waals surface area contributed by atoms with Crippen LogP contribution in [-0.4, -0.2) is 12.5 Å². The molecule has 1 N–H and O–H groups in total. The number of hydrogen-bond acceptors (Lipinski definition) is 4. The minimum Gasteiger partial charge on any atom is -0.490 e. The largest absolute Gasteiger partial charge is 0.490 e. The van der Waals surface area contributed by atoms with E-state index < -0.39 is 5.91 Å². The number of ether oxygens (including phenoxy) is 2. The molecule has 0 radical (unpaired) electrons. The summed E-state index contributed by atoms with van der Waals surface area (Å²) < 4.78 is 12.5. The number of aryl methyl sites for hydroxylation is 1. The van der Waals surface area contributed by atoms with Crippen LogP contribution in [0, 0.1) is 18.3 Å². The lowest BCUT2D eigenvalue weighted by atomic mass is 10.1. The molecule has 0 saturated carbocycles. The fourth-order valence-corrected chi connectivity index (χ4v) is 3.85. The predicted molar refractivity (Wildman–Crippen MR) is 137 cm³/mol. The lowest BCUT2D eigenvalue weighted by Crippen LogP contribution is -2.27. The molecule has 0 aromatic heterocycles. The Morgan fingerprint density at radius 3 is 2.50 bits per heavy atom. The highest BCUT2D eigenvalue weighted by Crippen LogP contribution is 2.35. The fourth-order valence-electron chi connectivity index (χ4n) is 3.41. The third kappa shape index (κ3) is 6.72. The number of nitriles is 1. The molecule has 1 amide bonds. The zero-order chi connectivity index (χ0) is 24.5. The van der Waals surface area contributed by atoms with Crippen molar-refractivity contribution in [1.82, 2.24) is 5.32 Å². The number of rotatable bonds is 9. The van der Waals surface area contributed by atoms with Crippen LogP contribution in [-0.2, 0) is 11.4 Å². The van der Waals surface area contributed by atoms with Gasteiger partial charge in [0.05, 0.1) is 12.6 Å². The van der Waals surface area contributed by atoms with Crippen molar-refractivity contribution in [2.24, 2.45) is 0 Å². The van der Waals surface area contributed by atoms with Crippen LogP contribution in [0.2, 0.25) is 0 Å². The Morgan fingerprint density at radius 2 is 1.82 bits per heavy atom. The second kappa shape index (κ2) is 12.1. The molecular formula is C28H27BrN2O3.